The van der Waals surface area contributed by atoms with E-state index in [1.165, 1.54) is 0 Å². The van der Waals surface area contributed by atoms with Crippen LogP contribution in [-0.4, -0.2) is 35.0 Å². The Labute approximate surface area is 89.3 Å². The van der Waals surface area contributed by atoms with Crippen molar-refractivity contribution in [2.45, 2.75) is 26.7 Å². The number of hydrogen-bond donors (Lipinski definition) is 1. The topological polar surface area (TPSA) is 57.6 Å². The molecule has 1 amide bonds. The van der Waals surface area contributed by atoms with Crippen molar-refractivity contribution in [1.29, 1.82) is 0 Å². The number of aliphatic carboxylic acids is 1. The molecule has 0 spiro atoms. The maximum absolute atomic E-state index is 12.0. The minimum Gasteiger partial charge on any atom is -0.481 e. The van der Waals surface area contributed by atoms with Crippen LogP contribution in [-0.2, 0) is 9.59 Å². The fraction of sp³-hybridized carbons (Fsp3) is 0.818. The van der Waals surface area contributed by atoms with E-state index < -0.39 is 11.9 Å². The van der Waals surface area contributed by atoms with Crippen molar-refractivity contribution in [1.82, 2.24) is 4.90 Å². The van der Waals surface area contributed by atoms with E-state index in [-0.39, 0.29) is 17.2 Å². The molecule has 0 bridgehead atoms. The summed E-state index contributed by atoms with van der Waals surface area (Å²) in [4.78, 5) is 24.8. The number of nitrogens with zero attached hydrogens (tertiary/aromatic N) is 1. The molecule has 1 aliphatic carbocycles. The van der Waals surface area contributed by atoms with Gasteiger partial charge in [0.1, 0.15) is 0 Å². The largest absolute Gasteiger partial charge is 0.481 e. The van der Waals surface area contributed by atoms with E-state index in [0.29, 0.717) is 0 Å². The van der Waals surface area contributed by atoms with E-state index >= 15 is 0 Å². The molecule has 0 aromatic heterocycles. The van der Waals surface area contributed by atoms with Gasteiger partial charge in [-0.15, -0.1) is 0 Å². The molecule has 0 aromatic carbocycles. The Kier molecular flexibility index (Phi) is 2.24. The van der Waals surface area contributed by atoms with Crippen molar-refractivity contribution < 1.29 is 14.7 Å². The molecule has 0 aromatic rings. The van der Waals surface area contributed by atoms with E-state index in [1.54, 1.807) is 0 Å². The second kappa shape index (κ2) is 3.22. The quantitative estimate of drug-likeness (QED) is 0.740. The molecule has 1 N–H and O–H groups in total. The molecule has 2 rings (SSSR count). The average Bonchev–Trinajstić information content (AvgIpc) is 2.57. The highest BCUT2D eigenvalue weighted by atomic mass is 16.4. The summed E-state index contributed by atoms with van der Waals surface area (Å²) >= 11 is 0. The fourth-order valence-corrected chi connectivity index (χ4v) is 2.69. The van der Waals surface area contributed by atoms with Crippen LogP contribution in [0.1, 0.15) is 26.7 Å². The molecule has 1 heterocycles. The Morgan fingerprint density at radius 3 is 2.13 bits per heavy atom. The van der Waals surface area contributed by atoms with Gasteiger partial charge >= 0.3 is 5.97 Å². The molecule has 0 radical (unpaired) electrons. The second-order valence-electron chi connectivity index (χ2n) is 5.15. The number of carbonyl (C=O) groups excluding carboxylic acids is 1. The van der Waals surface area contributed by atoms with Crippen molar-refractivity contribution in [2.75, 3.05) is 13.1 Å². The third kappa shape index (κ3) is 1.52. The van der Waals surface area contributed by atoms with Gasteiger partial charge in [0, 0.05) is 13.1 Å². The third-order valence-corrected chi connectivity index (χ3v) is 3.78. The highest BCUT2D eigenvalue weighted by Crippen LogP contribution is 2.59. The summed E-state index contributed by atoms with van der Waals surface area (Å²) in [6, 6.07) is 0. The Hall–Kier alpha value is -1.06. The van der Waals surface area contributed by atoms with Gasteiger partial charge in [-0.3, -0.25) is 9.59 Å². The van der Waals surface area contributed by atoms with Crippen LogP contribution in [0.25, 0.3) is 0 Å². The smallest absolute Gasteiger partial charge is 0.307 e. The van der Waals surface area contributed by atoms with Gasteiger partial charge in [0.05, 0.1) is 11.8 Å². The molecule has 2 aliphatic rings. The van der Waals surface area contributed by atoms with E-state index in [1.807, 2.05) is 18.7 Å². The fourth-order valence-electron chi connectivity index (χ4n) is 2.69. The number of carbonyl (C=O) groups is 2. The minimum absolute atomic E-state index is 0.0462. The molecule has 1 aliphatic heterocycles. The number of amides is 1. The summed E-state index contributed by atoms with van der Waals surface area (Å²) in [6.07, 6.45) is 2.10. The highest BCUT2D eigenvalue weighted by Gasteiger charge is 2.66. The van der Waals surface area contributed by atoms with Crippen molar-refractivity contribution in [3.8, 4) is 0 Å². The van der Waals surface area contributed by atoms with Crippen LogP contribution < -0.4 is 0 Å². The van der Waals surface area contributed by atoms with Gasteiger partial charge in [-0.05, 0) is 18.3 Å². The van der Waals surface area contributed by atoms with Crippen LogP contribution in [0.4, 0.5) is 0 Å². The first-order valence-electron chi connectivity index (χ1n) is 5.48. The molecular weight excluding hydrogens is 194 g/mol. The van der Waals surface area contributed by atoms with Crippen molar-refractivity contribution in [3.63, 3.8) is 0 Å². The Morgan fingerprint density at radius 2 is 1.73 bits per heavy atom. The molecule has 1 saturated heterocycles. The zero-order valence-corrected chi connectivity index (χ0v) is 9.19. The lowest BCUT2D eigenvalue weighted by Gasteiger charge is -2.15. The minimum atomic E-state index is -0.836. The Bertz CT molecular complexity index is 305. The van der Waals surface area contributed by atoms with Crippen molar-refractivity contribution in [2.24, 2.45) is 17.3 Å². The van der Waals surface area contributed by atoms with Gasteiger partial charge in [-0.1, -0.05) is 13.8 Å². The van der Waals surface area contributed by atoms with Crippen molar-refractivity contribution >= 4 is 11.9 Å². The Balaban J connectivity index is 2.06. The maximum atomic E-state index is 12.0. The van der Waals surface area contributed by atoms with Crippen LogP contribution in [0.2, 0.25) is 0 Å². The predicted molar refractivity (Wildman–Crippen MR) is 54.2 cm³/mol. The molecular formula is C11H17NO3. The van der Waals surface area contributed by atoms with Gasteiger partial charge in [0.15, 0.2) is 0 Å². The van der Waals surface area contributed by atoms with Gasteiger partial charge in [-0.2, -0.15) is 0 Å². The van der Waals surface area contributed by atoms with Gasteiger partial charge < -0.3 is 10.0 Å². The first-order valence-corrected chi connectivity index (χ1v) is 5.48. The monoisotopic (exact) mass is 211 g/mol. The molecule has 15 heavy (non-hydrogen) atoms. The molecule has 4 nitrogen and oxygen atoms in total. The standard InChI is InChI=1S/C11H17NO3/c1-11(2)7(8(11)10(14)15)9(13)12-5-3-4-6-12/h7-8H,3-6H2,1-2H3,(H,14,15)/t7-,8+/m0/s1. The number of rotatable bonds is 2. The summed E-state index contributed by atoms with van der Waals surface area (Å²) in [6.45, 7) is 5.34. The van der Waals surface area contributed by atoms with Crippen LogP contribution in [0.3, 0.4) is 0 Å². The van der Waals surface area contributed by atoms with Crippen LogP contribution in [0.5, 0.6) is 0 Å². The maximum Gasteiger partial charge on any atom is 0.307 e. The lowest BCUT2D eigenvalue weighted by atomic mass is 10.1. The van der Waals surface area contributed by atoms with E-state index in [0.717, 1.165) is 25.9 Å². The molecule has 4 heteroatoms. The Morgan fingerprint density at radius 1 is 1.20 bits per heavy atom. The number of hydrogen-bond acceptors (Lipinski definition) is 2. The SMILES string of the molecule is CC1(C)[C@H](C(=O)N2CCCC2)[C@@H]1C(=O)O. The van der Waals surface area contributed by atoms with E-state index in [9.17, 15) is 9.59 Å². The molecule has 2 fully saturated rings. The van der Waals surface area contributed by atoms with E-state index in [4.69, 9.17) is 5.11 Å². The first-order chi connectivity index (χ1) is 6.96. The van der Waals surface area contributed by atoms with E-state index in [2.05, 4.69) is 0 Å². The number of carboxylic acid groups (broad SMARTS) is 1. The molecule has 0 unspecified atom stereocenters. The van der Waals surface area contributed by atoms with Gasteiger partial charge in [0.25, 0.3) is 0 Å². The summed E-state index contributed by atoms with van der Waals surface area (Å²) < 4.78 is 0. The van der Waals surface area contributed by atoms with Crippen LogP contribution >= 0.6 is 0 Å². The van der Waals surface area contributed by atoms with Crippen molar-refractivity contribution in [3.05, 3.63) is 0 Å². The van der Waals surface area contributed by atoms with Crippen LogP contribution in [0, 0.1) is 17.3 Å². The average molecular weight is 211 g/mol. The molecule has 1 saturated carbocycles. The predicted octanol–water partition coefficient (Wildman–Crippen LogP) is 0.966. The third-order valence-electron chi connectivity index (χ3n) is 3.78. The lowest BCUT2D eigenvalue weighted by molar-refractivity contribution is -0.141. The normalized spacial score (nSPS) is 32.8. The lowest BCUT2D eigenvalue weighted by Crippen LogP contribution is -2.30. The summed E-state index contributed by atoms with van der Waals surface area (Å²) in [5.41, 5.74) is -0.356. The number of likely N-dealkylation sites (tertiary alicyclic amines) is 1. The number of carboxylic acids is 1. The first kappa shape index (κ1) is 10.5. The zero-order chi connectivity index (χ0) is 11.2. The summed E-state index contributed by atoms with van der Waals surface area (Å²) in [5.74, 6) is -1.57. The van der Waals surface area contributed by atoms with Gasteiger partial charge in [-0.25, -0.2) is 0 Å². The summed E-state index contributed by atoms with van der Waals surface area (Å²) in [5, 5.41) is 8.98. The zero-order valence-electron chi connectivity index (χ0n) is 9.19. The second-order valence-corrected chi connectivity index (χ2v) is 5.15. The summed E-state index contributed by atoms with van der Waals surface area (Å²) in [7, 11) is 0. The highest BCUT2D eigenvalue weighted by molar-refractivity contribution is 5.91. The van der Waals surface area contributed by atoms with Crippen LogP contribution in [0.15, 0.2) is 0 Å². The van der Waals surface area contributed by atoms with Gasteiger partial charge in [0.2, 0.25) is 5.91 Å². The molecule has 84 valence electrons. The molecule has 2 atom stereocenters.